The molecule has 0 aliphatic heterocycles. The van der Waals surface area contributed by atoms with Crippen molar-refractivity contribution >= 4 is 11.6 Å². The van der Waals surface area contributed by atoms with E-state index in [2.05, 4.69) is 13.8 Å². The van der Waals surface area contributed by atoms with Crippen LogP contribution in [-0.4, -0.2) is 5.54 Å². The normalized spacial score (nSPS) is 32.5. The van der Waals surface area contributed by atoms with E-state index in [1.165, 1.54) is 0 Å². The van der Waals surface area contributed by atoms with Gasteiger partial charge < -0.3 is 5.73 Å². The molecule has 0 bridgehead atoms. The van der Waals surface area contributed by atoms with Crippen LogP contribution in [0.5, 0.6) is 0 Å². The first-order valence-electron chi connectivity index (χ1n) is 6.63. The minimum Gasteiger partial charge on any atom is -0.325 e. The van der Waals surface area contributed by atoms with E-state index in [1.54, 1.807) is 18.2 Å². The second-order valence-corrected chi connectivity index (χ2v) is 6.36. The molecule has 3 atom stereocenters. The van der Waals surface area contributed by atoms with Gasteiger partial charge >= 0.3 is 0 Å². The van der Waals surface area contributed by atoms with Crippen molar-refractivity contribution in [3.8, 4) is 0 Å². The summed E-state index contributed by atoms with van der Waals surface area (Å²) in [5, 5.41) is 0.188. The molecular weight excluding hydrogens is 249 g/mol. The molecule has 1 nitrogen and oxygen atoms in total. The van der Waals surface area contributed by atoms with Gasteiger partial charge in [0.25, 0.3) is 0 Å². The summed E-state index contributed by atoms with van der Waals surface area (Å²) in [6.07, 6.45) is 3.63. The summed E-state index contributed by atoms with van der Waals surface area (Å²) < 4.78 is 13.9. The number of nitrogens with two attached hydrogens (primary N) is 1. The number of halogens is 2. The van der Waals surface area contributed by atoms with E-state index in [9.17, 15) is 4.39 Å². The van der Waals surface area contributed by atoms with Gasteiger partial charge in [-0.05, 0) is 49.1 Å². The summed E-state index contributed by atoms with van der Waals surface area (Å²) in [5.74, 6) is 1.01. The van der Waals surface area contributed by atoms with Crippen molar-refractivity contribution in [2.75, 3.05) is 0 Å². The maximum absolute atomic E-state index is 13.9. The van der Waals surface area contributed by atoms with Crippen LogP contribution in [0.1, 0.15) is 38.7 Å². The van der Waals surface area contributed by atoms with Crippen LogP contribution in [0.2, 0.25) is 5.02 Å². The number of benzene rings is 1. The largest absolute Gasteiger partial charge is 0.325 e. The van der Waals surface area contributed by atoms with Crippen molar-refractivity contribution in [1.82, 2.24) is 0 Å². The van der Waals surface area contributed by atoms with E-state index in [4.69, 9.17) is 17.3 Å². The Morgan fingerprint density at radius 2 is 2.11 bits per heavy atom. The Morgan fingerprint density at radius 1 is 1.39 bits per heavy atom. The summed E-state index contributed by atoms with van der Waals surface area (Å²) in [4.78, 5) is 0. The highest BCUT2D eigenvalue weighted by atomic mass is 35.5. The van der Waals surface area contributed by atoms with E-state index in [1.807, 2.05) is 0 Å². The second kappa shape index (κ2) is 5.18. The summed E-state index contributed by atoms with van der Waals surface area (Å²) in [5.41, 5.74) is 6.82. The topological polar surface area (TPSA) is 26.0 Å². The van der Waals surface area contributed by atoms with Gasteiger partial charge in [-0.3, -0.25) is 0 Å². The highest BCUT2D eigenvalue weighted by Gasteiger charge is 2.35. The predicted octanol–water partition coefficient (Wildman–Crippen LogP) is 4.18. The van der Waals surface area contributed by atoms with Crippen LogP contribution in [0, 0.1) is 17.7 Å². The average Bonchev–Trinajstić information content (AvgIpc) is 2.31. The fraction of sp³-hybridized carbons (Fsp3) is 0.600. The quantitative estimate of drug-likeness (QED) is 0.857. The van der Waals surface area contributed by atoms with Gasteiger partial charge in [0.05, 0.1) is 5.02 Å². The van der Waals surface area contributed by atoms with Crippen molar-refractivity contribution in [2.45, 2.75) is 45.1 Å². The van der Waals surface area contributed by atoms with Gasteiger partial charge in [0.2, 0.25) is 0 Å². The van der Waals surface area contributed by atoms with Crippen molar-refractivity contribution in [3.05, 3.63) is 34.6 Å². The van der Waals surface area contributed by atoms with Crippen LogP contribution in [-0.2, 0) is 6.42 Å². The smallest absolute Gasteiger partial charge is 0.145 e. The first-order valence-corrected chi connectivity index (χ1v) is 7.01. The van der Waals surface area contributed by atoms with Gasteiger partial charge in [-0.15, -0.1) is 0 Å². The summed E-state index contributed by atoms with van der Waals surface area (Å²) in [6, 6.07) is 5.16. The van der Waals surface area contributed by atoms with Gasteiger partial charge in [-0.25, -0.2) is 4.39 Å². The number of rotatable bonds is 2. The number of hydrogen-bond acceptors (Lipinski definition) is 1. The van der Waals surface area contributed by atoms with E-state index in [0.717, 1.165) is 19.3 Å². The molecular formula is C15H21ClFN. The Bertz CT molecular complexity index is 435. The van der Waals surface area contributed by atoms with Gasteiger partial charge in [0.1, 0.15) is 5.82 Å². The van der Waals surface area contributed by atoms with E-state index < -0.39 is 0 Å². The van der Waals surface area contributed by atoms with Crippen LogP contribution < -0.4 is 5.73 Å². The zero-order chi connectivity index (χ0) is 13.3. The van der Waals surface area contributed by atoms with Gasteiger partial charge in [0.15, 0.2) is 0 Å². The lowest BCUT2D eigenvalue weighted by Crippen LogP contribution is -2.47. The summed E-state index contributed by atoms with van der Waals surface area (Å²) in [7, 11) is 0. The summed E-state index contributed by atoms with van der Waals surface area (Å²) >= 11 is 5.81. The van der Waals surface area contributed by atoms with Crippen molar-refractivity contribution in [1.29, 1.82) is 0 Å². The molecule has 0 saturated heterocycles. The zero-order valence-electron chi connectivity index (χ0n) is 11.0. The lowest BCUT2D eigenvalue weighted by atomic mass is 9.69. The molecule has 1 aromatic rings. The fourth-order valence-electron chi connectivity index (χ4n) is 2.97. The molecule has 3 heteroatoms. The molecule has 1 aliphatic rings. The van der Waals surface area contributed by atoms with Crippen molar-refractivity contribution in [3.63, 3.8) is 0 Å². The first kappa shape index (κ1) is 13.8. The molecule has 100 valence electrons. The van der Waals surface area contributed by atoms with Crippen LogP contribution in [0.25, 0.3) is 0 Å². The molecule has 2 rings (SSSR count). The standard InChI is InChI=1S/C15H21ClFN/c1-10-6-7-15(18,8-11(10)2)9-12-4-3-5-13(16)14(12)17/h3-5,10-11H,6-9,18H2,1-2H3. The minimum absolute atomic E-state index is 0.188. The third kappa shape index (κ3) is 2.86. The molecule has 0 spiro atoms. The molecule has 18 heavy (non-hydrogen) atoms. The molecule has 2 N–H and O–H groups in total. The van der Waals surface area contributed by atoms with Gasteiger partial charge in [-0.1, -0.05) is 37.6 Å². The highest BCUT2D eigenvalue weighted by Crippen LogP contribution is 2.37. The third-order valence-corrected chi connectivity index (χ3v) is 4.66. The molecule has 0 radical (unpaired) electrons. The summed E-state index contributed by atoms with van der Waals surface area (Å²) in [6.45, 7) is 4.50. The molecule has 3 unspecified atom stereocenters. The molecule has 1 saturated carbocycles. The lowest BCUT2D eigenvalue weighted by molar-refractivity contribution is 0.175. The third-order valence-electron chi connectivity index (χ3n) is 4.37. The highest BCUT2D eigenvalue weighted by molar-refractivity contribution is 6.30. The molecule has 0 aromatic heterocycles. The average molecular weight is 270 g/mol. The Labute approximate surface area is 114 Å². The molecule has 1 fully saturated rings. The van der Waals surface area contributed by atoms with Crippen molar-refractivity contribution in [2.24, 2.45) is 17.6 Å². The minimum atomic E-state index is -0.310. The molecule has 1 aromatic carbocycles. The van der Waals surface area contributed by atoms with Crippen LogP contribution >= 0.6 is 11.6 Å². The number of hydrogen-bond donors (Lipinski definition) is 1. The predicted molar refractivity (Wildman–Crippen MR) is 74.2 cm³/mol. The van der Waals surface area contributed by atoms with E-state index in [0.29, 0.717) is 23.8 Å². The van der Waals surface area contributed by atoms with Gasteiger partial charge in [0, 0.05) is 5.54 Å². The van der Waals surface area contributed by atoms with E-state index in [-0.39, 0.29) is 16.4 Å². The monoisotopic (exact) mass is 269 g/mol. The Morgan fingerprint density at radius 3 is 2.78 bits per heavy atom. The maximum atomic E-state index is 13.9. The second-order valence-electron chi connectivity index (χ2n) is 5.95. The maximum Gasteiger partial charge on any atom is 0.145 e. The van der Waals surface area contributed by atoms with Crippen LogP contribution in [0.3, 0.4) is 0 Å². The molecule has 1 aliphatic carbocycles. The van der Waals surface area contributed by atoms with Crippen LogP contribution in [0.15, 0.2) is 18.2 Å². The Kier molecular flexibility index (Phi) is 3.98. The molecule has 0 amide bonds. The first-order chi connectivity index (χ1) is 8.41. The molecule has 0 heterocycles. The van der Waals surface area contributed by atoms with E-state index >= 15 is 0 Å². The Balaban J connectivity index is 2.15. The lowest BCUT2D eigenvalue weighted by Gasteiger charge is -2.40. The fourth-order valence-corrected chi connectivity index (χ4v) is 3.16. The SMILES string of the molecule is CC1CCC(N)(Cc2cccc(Cl)c2F)CC1C. The Hall–Kier alpha value is -0.600. The zero-order valence-corrected chi connectivity index (χ0v) is 11.8. The van der Waals surface area contributed by atoms with Gasteiger partial charge in [-0.2, -0.15) is 0 Å². The van der Waals surface area contributed by atoms with Crippen molar-refractivity contribution < 1.29 is 4.39 Å². The van der Waals surface area contributed by atoms with Crippen LogP contribution in [0.4, 0.5) is 4.39 Å².